The molecule has 0 unspecified atom stereocenters. The van der Waals surface area contributed by atoms with E-state index in [1.54, 1.807) is 25.0 Å². The molecule has 8 heteroatoms. The lowest BCUT2D eigenvalue weighted by molar-refractivity contribution is 0.284. The first-order valence-electron chi connectivity index (χ1n) is 13.5. The van der Waals surface area contributed by atoms with Gasteiger partial charge in [0.2, 0.25) is 5.95 Å². The van der Waals surface area contributed by atoms with Crippen molar-refractivity contribution >= 4 is 12.2 Å². The van der Waals surface area contributed by atoms with E-state index in [1.807, 2.05) is 54.6 Å². The van der Waals surface area contributed by atoms with Gasteiger partial charge >= 0.3 is 0 Å². The molecule has 40 heavy (non-hydrogen) atoms. The van der Waals surface area contributed by atoms with Crippen LogP contribution in [0.15, 0.2) is 82.7 Å². The molecule has 1 aromatic heterocycles. The summed E-state index contributed by atoms with van der Waals surface area (Å²) in [5, 5.41) is 4.47. The molecule has 1 fully saturated rings. The minimum absolute atomic E-state index is 0. The molecule has 0 aliphatic heterocycles. The van der Waals surface area contributed by atoms with Gasteiger partial charge in [-0.3, -0.25) is 4.79 Å². The summed E-state index contributed by atoms with van der Waals surface area (Å²) in [6.45, 7) is 0. The monoisotopic (exact) mass is 538 g/mol. The van der Waals surface area contributed by atoms with Crippen molar-refractivity contribution in [2.24, 2.45) is 5.10 Å². The highest BCUT2D eigenvalue weighted by atomic mass is 16.5. The number of hydrogen-bond donors (Lipinski definition) is 1. The number of benzene rings is 3. The highest BCUT2D eigenvalue weighted by Gasteiger charge is 2.43. The van der Waals surface area contributed by atoms with Crippen LogP contribution in [-0.2, 0) is 11.8 Å². The number of hydrogen-bond acceptors (Lipinski definition) is 6. The first kappa shape index (κ1) is 27.1. The van der Waals surface area contributed by atoms with Gasteiger partial charge in [-0.25, -0.2) is 15.0 Å². The fourth-order valence-electron chi connectivity index (χ4n) is 6.11. The molecular formula is C32H34N4O4. The number of ether oxygens (including phenoxy) is 2. The van der Waals surface area contributed by atoms with Crippen molar-refractivity contribution in [3.05, 3.63) is 99.8 Å². The van der Waals surface area contributed by atoms with E-state index in [2.05, 4.69) is 28.7 Å². The molecule has 1 spiro atoms. The Balaban J connectivity index is 0.00000323. The van der Waals surface area contributed by atoms with E-state index in [0.29, 0.717) is 11.6 Å². The van der Waals surface area contributed by atoms with Crippen molar-refractivity contribution in [2.75, 3.05) is 19.6 Å². The van der Waals surface area contributed by atoms with Crippen molar-refractivity contribution in [1.82, 2.24) is 9.55 Å². The molecule has 206 valence electrons. The molecule has 0 amide bonds. The second-order valence-corrected chi connectivity index (χ2v) is 10.3. The summed E-state index contributed by atoms with van der Waals surface area (Å²) < 4.78 is 12.3. The van der Waals surface area contributed by atoms with Gasteiger partial charge in [0.1, 0.15) is 11.5 Å². The Labute approximate surface area is 233 Å². The van der Waals surface area contributed by atoms with Gasteiger partial charge in [0.05, 0.1) is 37.4 Å². The third-order valence-corrected chi connectivity index (χ3v) is 8.05. The fourth-order valence-corrected chi connectivity index (χ4v) is 6.11. The number of nitrogens with one attached hydrogen (secondary N) is 1. The van der Waals surface area contributed by atoms with Crippen LogP contribution in [0.25, 0.3) is 16.9 Å². The summed E-state index contributed by atoms with van der Waals surface area (Å²) >= 11 is 0. The third-order valence-electron chi connectivity index (χ3n) is 8.05. The first-order valence-corrected chi connectivity index (χ1v) is 13.5. The molecule has 3 N–H and O–H groups in total. The SMILES string of the molecule is COc1ccc(/C=N/Nc2nc3c(c(=O)n2-c2ccc(OC)cc2)C2(CCCCC2)Cc2ccccc2-3)cc1.O. The molecule has 1 heterocycles. The average molecular weight is 539 g/mol. The summed E-state index contributed by atoms with van der Waals surface area (Å²) in [7, 11) is 3.27. The zero-order chi connectivity index (χ0) is 26.8. The van der Waals surface area contributed by atoms with Gasteiger partial charge in [0.15, 0.2) is 0 Å². The molecule has 0 saturated heterocycles. The second kappa shape index (κ2) is 11.4. The maximum Gasteiger partial charge on any atom is 0.263 e. The molecule has 0 bridgehead atoms. The van der Waals surface area contributed by atoms with Crippen molar-refractivity contribution in [1.29, 1.82) is 0 Å². The topological polar surface area (TPSA) is 109 Å². The highest BCUT2D eigenvalue weighted by molar-refractivity contribution is 5.80. The smallest absolute Gasteiger partial charge is 0.263 e. The van der Waals surface area contributed by atoms with Crippen molar-refractivity contribution < 1.29 is 14.9 Å². The molecule has 1 saturated carbocycles. The zero-order valence-corrected chi connectivity index (χ0v) is 22.8. The van der Waals surface area contributed by atoms with E-state index < -0.39 is 0 Å². The van der Waals surface area contributed by atoms with Gasteiger partial charge < -0.3 is 14.9 Å². The van der Waals surface area contributed by atoms with E-state index in [-0.39, 0.29) is 16.5 Å². The Morgan fingerprint density at radius 2 is 1.55 bits per heavy atom. The molecule has 0 radical (unpaired) electrons. The first-order chi connectivity index (χ1) is 19.1. The minimum atomic E-state index is -0.203. The van der Waals surface area contributed by atoms with E-state index in [9.17, 15) is 4.79 Å². The molecule has 8 nitrogen and oxygen atoms in total. The Morgan fingerprint density at radius 3 is 2.23 bits per heavy atom. The van der Waals surface area contributed by atoms with Crippen molar-refractivity contribution in [3.8, 4) is 28.4 Å². The van der Waals surface area contributed by atoms with Crippen molar-refractivity contribution in [2.45, 2.75) is 43.9 Å². The van der Waals surface area contributed by atoms with E-state index in [0.717, 1.165) is 66.0 Å². The quantitative estimate of drug-likeness (QED) is 0.265. The number of methoxy groups -OCH3 is 2. The summed E-state index contributed by atoms with van der Waals surface area (Å²) in [6, 6.07) is 23.5. The van der Waals surface area contributed by atoms with Gasteiger partial charge in [-0.05, 0) is 78.9 Å². The van der Waals surface area contributed by atoms with Gasteiger partial charge in [-0.15, -0.1) is 0 Å². The number of nitrogens with zero attached hydrogens (tertiary/aromatic N) is 3. The Hall–Kier alpha value is -4.43. The lowest BCUT2D eigenvalue weighted by atomic mass is 9.62. The van der Waals surface area contributed by atoms with Crippen LogP contribution in [0.3, 0.4) is 0 Å². The van der Waals surface area contributed by atoms with E-state index >= 15 is 0 Å². The molecule has 6 rings (SSSR count). The fraction of sp³-hybridized carbons (Fsp3) is 0.281. The van der Waals surface area contributed by atoms with Crippen LogP contribution in [0.2, 0.25) is 0 Å². The molecule has 0 atom stereocenters. The lowest BCUT2D eigenvalue weighted by Crippen LogP contribution is -2.42. The molecule has 2 aliphatic carbocycles. The third kappa shape index (κ3) is 4.86. The van der Waals surface area contributed by atoms with Crippen LogP contribution in [0.5, 0.6) is 11.5 Å². The van der Waals surface area contributed by atoms with Gasteiger partial charge in [-0.1, -0.05) is 43.5 Å². The van der Waals surface area contributed by atoms with Gasteiger partial charge in [0.25, 0.3) is 5.56 Å². The number of anilines is 1. The maximum atomic E-state index is 14.6. The molecular weight excluding hydrogens is 504 g/mol. The predicted octanol–water partition coefficient (Wildman–Crippen LogP) is 5.30. The zero-order valence-electron chi connectivity index (χ0n) is 22.8. The summed E-state index contributed by atoms with van der Waals surface area (Å²) in [5.41, 5.74) is 8.35. The summed E-state index contributed by atoms with van der Waals surface area (Å²) in [4.78, 5) is 19.7. The van der Waals surface area contributed by atoms with Gasteiger partial charge in [-0.2, -0.15) is 5.10 Å². The number of hydrazone groups is 1. The van der Waals surface area contributed by atoms with Crippen molar-refractivity contribution in [3.63, 3.8) is 0 Å². The largest absolute Gasteiger partial charge is 0.497 e. The van der Waals surface area contributed by atoms with Gasteiger partial charge in [0, 0.05) is 11.0 Å². The molecule has 3 aromatic carbocycles. The van der Waals surface area contributed by atoms with Crippen LogP contribution in [0, 0.1) is 0 Å². The van der Waals surface area contributed by atoms with Crippen LogP contribution in [0.4, 0.5) is 5.95 Å². The Bertz CT molecular complexity index is 1570. The standard InChI is InChI=1S/C32H32N4O3.H2O/c1-38-25-14-10-22(11-15-25)21-33-35-31-34-29-27-9-5-4-8-23(27)20-32(18-6-3-7-19-32)28(29)30(37)36(31)24-12-16-26(39-2)17-13-24;/h4-5,8-17,21H,3,6-7,18-20H2,1-2H3,(H,34,35);1H2/b33-21+;. The van der Waals surface area contributed by atoms with Crippen LogP contribution in [-0.4, -0.2) is 35.5 Å². The molecule has 2 aliphatic rings. The van der Waals surface area contributed by atoms with Crippen LogP contribution in [0.1, 0.15) is 48.8 Å². The minimum Gasteiger partial charge on any atom is -0.497 e. The maximum absolute atomic E-state index is 14.6. The number of rotatable bonds is 6. The number of fused-ring (bicyclic) bond motifs is 4. The highest BCUT2D eigenvalue weighted by Crippen LogP contribution is 2.48. The van der Waals surface area contributed by atoms with Crippen LogP contribution < -0.4 is 20.5 Å². The average Bonchev–Trinajstić information content (AvgIpc) is 2.98. The number of aromatic nitrogens is 2. The summed E-state index contributed by atoms with van der Waals surface area (Å²) in [5.74, 6) is 1.87. The Morgan fingerprint density at radius 1 is 0.900 bits per heavy atom. The normalized spacial score (nSPS) is 15.2. The molecule has 4 aromatic rings. The van der Waals surface area contributed by atoms with E-state index in [1.165, 1.54) is 12.0 Å². The predicted molar refractivity (Wildman–Crippen MR) is 158 cm³/mol. The lowest BCUT2D eigenvalue weighted by Gasteiger charge is -2.42. The van der Waals surface area contributed by atoms with Crippen LogP contribution >= 0.6 is 0 Å². The van der Waals surface area contributed by atoms with E-state index in [4.69, 9.17) is 14.5 Å². The summed E-state index contributed by atoms with van der Waals surface area (Å²) in [6.07, 6.45) is 8.02. The second-order valence-electron chi connectivity index (χ2n) is 10.3. The Kier molecular flexibility index (Phi) is 7.71.